The summed E-state index contributed by atoms with van der Waals surface area (Å²) < 4.78 is 0. The minimum Gasteiger partial charge on any atom is -0.323 e. The number of benzene rings is 2. The van der Waals surface area contributed by atoms with Crippen LogP contribution in [0, 0.1) is 0 Å². The van der Waals surface area contributed by atoms with Gasteiger partial charge in [-0.05, 0) is 18.2 Å². The van der Waals surface area contributed by atoms with Crippen molar-refractivity contribution in [1.82, 2.24) is 0 Å². The maximum absolute atomic E-state index is 12.8. The Bertz CT molecular complexity index is 939. The van der Waals surface area contributed by atoms with Crippen LogP contribution in [0.4, 0.5) is 11.4 Å². The van der Waals surface area contributed by atoms with E-state index in [4.69, 9.17) is 4.99 Å². The zero-order valence-corrected chi connectivity index (χ0v) is 11.6. The third-order valence-corrected chi connectivity index (χ3v) is 4.43. The predicted octanol–water partition coefficient (Wildman–Crippen LogP) is 3.09. The molecule has 0 bridgehead atoms. The number of allylic oxidation sites excluding steroid dienone is 1. The second kappa shape index (κ2) is 3.80. The maximum Gasteiger partial charge on any atom is 0.263 e. The Hall–Kier alpha value is -3.01. The van der Waals surface area contributed by atoms with Crippen LogP contribution in [0.3, 0.4) is 0 Å². The van der Waals surface area contributed by atoms with Crippen LogP contribution in [-0.4, -0.2) is 17.8 Å². The molecule has 0 aliphatic carbocycles. The van der Waals surface area contributed by atoms with Crippen molar-refractivity contribution in [2.45, 2.75) is 5.54 Å². The maximum atomic E-state index is 12.8. The average molecular weight is 285 g/mol. The van der Waals surface area contributed by atoms with Crippen LogP contribution in [0.25, 0.3) is 5.57 Å². The molecule has 1 atom stereocenters. The molecule has 1 N–H and O–H groups in total. The number of anilines is 1. The summed E-state index contributed by atoms with van der Waals surface area (Å²) in [6.07, 6.45) is 3.66. The number of nitrogens with zero attached hydrogens (tertiary/aromatic N) is 2. The molecule has 0 fully saturated rings. The highest BCUT2D eigenvalue weighted by atomic mass is 16.2. The summed E-state index contributed by atoms with van der Waals surface area (Å²) in [4.78, 5) is 22.1. The average Bonchev–Trinajstić information content (AvgIpc) is 3.06. The lowest BCUT2D eigenvalue weighted by Crippen LogP contribution is -2.42. The second-order valence-electron chi connectivity index (χ2n) is 5.55. The highest BCUT2D eigenvalue weighted by Crippen LogP contribution is 2.48. The van der Waals surface area contributed by atoms with Crippen molar-refractivity contribution in [3.8, 4) is 0 Å². The van der Waals surface area contributed by atoms with Crippen LogP contribution in [0.15, 0.2) is 64.6 Å². The van der Waals surface area contributed by atoms with Gasteiger partial charge >= 0.3 is 0 Å². The number of carbonyl (C=O) groups excluding carboxylic acids is 1. The number of dihydropyridines is 1. The van der Waals surface area contributed by atoms with Crippen molar-refractivity contribution < 1.29 is 4.79 Å². The summed E-state index contributed by atoms with van der Waals surface area (Å²) in [5, 5.41) is 2.94. The molecule has 0 saturated carbocycles. The fraction of sp³-hybridized carbons (Fsp3) is 0.0556. The SMILES string of the molecule is O=C1Nc2ccccc2C12N=CC=C1C2=Nc2ccccc21. The molecule has 104 valence electrons. The molecule has 1 amide bonds. The molecule has 3 aliphatic rings. The summed E-state index contributed by atoms with van der Waals surface area (Å²) in [5.41, 5.74) is 4.28. The molecular formula is C18H11N3O. The molecule has 0 aromatic heterocycles. The van der Waals surface area contributed by atoms with Gasteiger partial charge in [0, 0.05) is 28.6 Å². The van der Waals surface area contributed by atoms with Crippen LogP contribution in [-0.2, 0) is 10.3 Å². The number of hydrogen-bond acceptors (Lipinski definition) is 3. The van der Waals surface area contributed by atoms with Crippen LogP contribution in [0.5, 0.6) is 0 Å². The van der Waals surface area contributed by atoms with Crippen molar-refractivity contribution in [3.05, 3.63) is 65.7 Å². The zero-order chi connectivity index (χ0) is 14.7. The number of nitrogens with one attached hydrogen (secondary N) is 1. The van der Waals surface area contributed by atoms with Crippen molar-refractivity contribution >= 4 is 34.8 Å². The lowest BCUT2D eigenvalue weighted by atomic mass is 9.81. The van der Waals surface area contributed by atoms with Crippen molar-refractivity contribution in [2.24, 2.45) is 9.98 Å². The number of rotatable bonds is 0. The van der Waals surface area contributed by atoms with Crippen LogP contribution < -0.4 is 5.32 Å². The van der Waals surface area contributed by atoms with Crippen LogP contribution in [0.2, 0.25) is 0 Å². The standard InChI is InChI=1S/C18H11N3O/c22-17-18(13-6-2-4-8-15(13)21-17)16-12(9-10-19-18)11-5-1-3-7-14(11)20-16/h1-10H,(H,21,22). The van der Waals surface area contributed by atoms with Gasteiger partial charge in [0.15, 0.2) is 0 Å². The Kier molecular flexibility index (Phi) is 2.01. The van der Waals surface area contributed by atoms with E-state index in [1.807, 2.05) is 54.6 Å². The molecule has 0 radical (unpaired) electrons. The van der Waals surface area contributed by atoms with Gasteiger partial charge in [0.2, 0.25) is 5.54 Å². The van der Waals surface area contributed by atoms with Gasteiger partial charge in [0.25, 0.3) is 5.91 Å². The normalized spacial score (nSPS) is 23.5. The van der Waals surface area contributed by atoms with E-state index in [9.17, 15) is 4.79 Å². The summed E-state index contributed by atoms with van der Waals surface area (Å²) in [5.74, 6) is -0.137. The smallest absolute Gasteiger partial charge is 0.263 e. The summed E-state index contributed by atoms with van der Waals surface area (Å²) in [6.45, 7) is 0. The molecule has 3 heterocycles. The van der Waals surface area contributed by atoms with Gasteiger partial charge in [-0.25, -0.2) is 4.99 Å². The number of amides is 1. The molecule has 2 aromatic carbocycles. The first-order valence-electron chi connectivity index (χ1n) is 7.16. The van der Waals surface area contributed by atoms with Crippen LogP contribution in [0.1, 0.15) is 11.1 Å². The summed E-state index contributed by atoms with van der Waals surface area (Å²) in [6, 6.07) is 15.6. The van der Waals surface area contributed by atoms with Gasteiger partial charge in [-0.3, -0.25) is 9.79 Å². The molecule has 4 heteroatoms. The fourth-order valence-electron chi connectivity index (χ4n) is 3.44. The van der Waals surface area contributed by atoms with E-state index in [2.05, 4.69) is 10.3 Å². The first kappa shape index (κ1) is 11.6. The van der Waals surface area contributed by atoms with Gasteiger partial charge < -0.3 is 5.32 Å². The second-order valence-corrected chi connectivity index (χ2v) is 5.55. The highest BCUT2D eigenvalue weighted by molar-refractivity contribution is 6.43. The summed E-state index contributed by atoms with van der Waals surface area (Å²) >= 11 is 0. The molecule has 0 saturated heterocycles. The molecule has 1 spiro atoms. The van der Waals surface area contributed by atoms with Crippen molar-refractivity contribution in [1.29, 1.82) is 0 Å². The van der Waals surface area contributed by atoms with Crippen LogP contribution >= 0.6 is 0 Å². The number of carbonyl (C=O) groups is 1. The van der Waals surface area contributed by atoms with E-state index in [0.29, 0.717) is 0 Å². The largest absolute Gasteiger partial charge is 0.323 e. The zero-order valence-electron chi connectivity index (χ0n) is 11.6. The molecule has 5 rings (SSSR count). The number of fused-ring (bicyclic) bond motifs is 6. The van der Waals surface area contributed by atoms with Gasteiger partial charge in [-0.1, -0.05) is 36.4 Å². The minimum atomic E-state index is -1.06. The first-order chi connectivity index (χ1) is 10.8. The third-order valence-electron chi connectivity index (χ3n) is 4.43. The number of hydrogen-bond donors (Lipinski definition) is 1. The van der Waals surface area contributed by atoms with E-state index in [0.717, 1.165) is 33.8 Å². The molecule has 3 aliphatic heterocycles. The topological polar surface area (TPSA) is 53.8 Å². The number of para-hydroxylation sites is 2. The van der Waals surface area contributed by atoms with E-state index < -0.39 is 5.54 Å². The van der Waals surface area contributed by atoms with Gasteiger partial charge in [0.05, 0.1) is 11.4 Å². The Labute approximate surface area is 126 Å². The van der Waals surface area contributed by atoms with Gasteiger partial charge in [0.1, 0.15) is 0 Å². The van der Waals surface area contributed by atoms with Gasteiger partial charge in [-0.2, -0.15) is 0 Å². The van der Waals surface area contributed by atoms with E-state index in [-0.39, 0.29) is 5.91 Å². The fourth-order valence-corrected chi connectivity index (χ4v) is 3.44. The Morgan fingerprint density at radius 2 is 1.82 bits per heavy atom. The molecule has 4 nitrogen and oxygen atoms in total. The molecule has 2 aromatic rings. The minimum absolute atomic E-state index is 0.137. The number of aliphatic imine (C=N–C) groups is 2. The Morgan fingerprint density at radius 3 is 2.77 bits per heavy atom. The Balaban J connectivity index is 1.81. The summed E-state index contributed by atoms with van der Waals surface area (Å²) in [7, 11) is 0. The Morgan fingerprint density at radius 1 is 1.00 bits per heavy atom. The lowest BCUT2D eigenvalue weighted by molar-refractivity contribution is -0.118. The van der Waals surface area contributed by atoms with E-state index in [1.54, 1.807) is 6.21 Å². The molecular weight excluding hydrogens is 274 g/mol. The lowest BCUT2D eigenvalue weighted by Gasteiger charge is -2.26. The van der Waals surface area contributed by atoms with Crippen molar-refractivity contribution in [3.63, 3.8) is 0 Å². The third kappa shape index (κ3) is 1.21. The predicted molar refractivity (Wildman–Crippen MR) is 86.8 cm³/mol. The quantitative estimate of drug-likeness (QED) is 0.794. The highest BCUT2D eigenvalue weighted by Gasteiger charge is 2.54. The van der Waals surface area contributed by atoms with Gasteiger partial charge in [-0.15, -0.1) is 0 Å². The molecule has 22 heavy (non-hydrogen) atoms. The van der Waals surface area contributed by atoms with Crippen molar-refractivity contribution in [2.75, 3.05) is 5.32 Å². The molecule has 1 unspecified atom stereocenters. The monoisotopic (exact) mass is 285 g/mol. The first-order valence-corrected chi connectivity index (χ1v) is 7.16. The van der Waals surface area contributed by atoms with E-state index >= 15 is 0 Å². The van der Waals surface area contributed by atoms with E-state index in [1.165, 1.54) is 0 Å².